The molecular formula is C10H20O5. The molecule has 1 saturated heterocycles. The van der Waals surface area contributed by atoms with Gasteiger partial charge in [0.1, 0.15) is 0 Å². The Morgan fingerprint density at radius 2 is 0.800 bits per heavy atom. The molecular weight excluding hydrogens is 200 g/mol. The quantitative estimate of drug-likeness (QED) is 0.587. The van der Waals surface area contributed by atoms with Crippen LogP contribution in [0.4, 0.5) is 0 Å². The highest BCUT2D eigenvalue weighted by Crippen LogP contribution is 2.09. The maximum Gasteiger partial charge on any atom is 0.0855 e. The van der Waals surface area contributed by atoms with Crippen LogP contribution in [0.1, 0.15) is 51.4 Å². The lowest BCUT2D eigenvalue weighted by molar-refractivity contribution is -0.708. The van der Waals surface area contributed by atoms with E-state index in [1.807, 2.05) is 0 Å². The minimum absolute atomic E-state index is 0.517. The predicted molar refractivity (Wildman–Crippen MR) is 52.1 cm³/mol. The molecule has 0 unspecified atom stereocenters. The summed E-state index contributed by atoms with van der Waals surface area (Å²) >= 11 is 0. The zero-order valence-electron chi connectivity index (χ0n) is 9.11. The minimum Gasteiger partial charge on any atom is -0.204 e. The zero-order chi connectivity index (χ0) is 10.6. The van der Waals surface area contributed by atoms with Gasteiger partial charge in [0.25, 0.3) is 0 Å². The Morgan fingerprint density at radius 1 is 0.400 bits per heavy atom. The summed E-state index contributed by atoms with van der Waals surface area (Å²) in [5.74, 6) is 0. The molecule has 15 heavy (non-hydrogen) atoms. The third kappa shape index (κ3) is 8.77. The Hall–Kier alpha value is -0.200. The summed E-state index contributed by atoms with van der Waals surface area (Å²) in [5, 5.41) is 12.7. The monoisotopic (exact) mass is 220 g/mol. The van der Waals surface area contributed by atoms with E-state index in [1.54, 1.807) is 0 Å². The number of hydrogen-bond acceptors (Lipinski definition) is 5. The van der Waals surface area contributed by atoms with E-state index in [1.165, 1.54) is 38.5 Å². The minimum atomic E-state index is 0.517. The molecule has 1 aliphatic rings. The SMILES string of the molecule is C1CCCCCOOOOOCCCC1. The van der Waals surface area contributed by atoms with Gasteiger partial charge in [0.05, 0.1) is 13.2 Å². The van der Waals surface area contributed by atoms with E-state index >= 15 is 0 Å². The van der Waals surface area contributed by atoms with Crippen LogP contribution in [0, 0.1) is 0 Å². The van der Waals surface area contributed by atoms with E-state index in [0.717, 1.165) is 12.8 Å². The first-order valence-corrected chi connectivity index (χ1v) is 5.74. The number of hydrogen-bond donors (Lipinski definition) is 0. The van der Waals surface area contributed by atoms with Crippen LogP contribution >= 0.6 is 0 Å². The molecule has 0 amide bonds. The molecule has 0 bridgehead atoms. The van der Waals surface area contributed by atoms with Gasteiger partial charge in [-0.15, -0.1) is 0 Å². The van der Waals surface area contributed by atoms with Crippen LogP contribution in [0.25, 0.3) is 0 Å². The fourth-order valence-corrected chi connectivity index (χ4v) is 1.50. The van der Waals surface area contributed by atoms with Crippen LogP contribution < -0.4 is 0 Å². The van der Waals surface area contributed by atoms with Gasteiger partial charge in [-0.25, -0.2) is 9.78 Å². The molecule has 0 radical (unpaired) electrons. The molecule has 0 aromatic carbocycles. The van der Waals surface area contributed by atoms with E-state index in [0.29, 0.717) is 13.2 Å². The normalized spacial score (nSPS) is 24.0. The van der Waals surface area contributed by atoms with Crippen molar-refractivity contribution >= 4 is 0 Å². The van der Waals surface area contributed by atoms with E-state index in [4.69, 9.17) is 0 Å². The van der Waals surface area contributed by atoms with Crippen molar-refractivity contribution in [3.05, 3.63) is 0 Å². The summed E-state index contributed by atoms with van der Waals surface area (Å²) in [6.45, 7) is 1.03. The van der Waals surface area contributed by atoms with Gasteiger partial charge in [-0.05, 0) is 28.0 Å². The number of rotatable bonds is 0. The van der Waals surface area contributed by atoms with E-state index in [9.17, 15) is 0 Å². The van der Waals surface area contributed by atoms with Crippen molar-refractivity contribution in [2.75, 3.05) is 13.2 Å². The van der Waals surface area contributed by atoms with Crippen molar-refractivity contribution < 1.29 is 24.9 Å². The average molecular weight is 220 g/mol. The molecule has 1 aliphatic heterocycles. The first-order valence-electron chi connectivity index (χ1n) is 5.74. The van der Waals surface area contributed by atoms with Crippen molar-refractivity contribution in [1.29, 1.82) is 0 Å². The summed E-state index contributed by atoms with van der Waals surface area (Å²) in [6, 6.07) is 0. The van der Waals surface area contributed by atoms with Crippen LogP contribution in [0.3, 0.4) is 0 Å². The molecule has 1 heterocycles. The Labute approximate surface area is 90.3 Å². The Kier molecular flexibility index (Phi) is 8.85. The summed E-state index contributed by atoms with van der Waals surface area (Å²) in [7, 11) is 0. The molecule has 0 aromatic heterocycles. The highest BCUT2D eigenvalue weighted by Gasteiger charge is 1.97. The van der Waals surface area contributed by atoms with Crippen molar-refractivity contribution in [1.82, 2.24) is 0 Å². The molecule has 5 nitrogen and oxygen atoms in total. The molecule has 5 heteroatoms. The first kappa shape index (κ1) is 12.9. The lowest BCUT2D eigenvalue weighted by atomic mass is 10.1. The Bertz CT molecular complexity index is 72.4. The Balaban J connectivity index is 2.01. The van der Waals surface area contributed by atoms with Gasteiger partial charge in [-0.2, -0.15) is 0 Å². The third-order valence-corrected chi connectivity index (χ3v) is 2.36. The maximum atomic E-state index is 4.68. The molecule has 0 aliphatic carbocycles. The third-order valence-electron chi connectivity index (χ3n) is 2.36. The molecule has 0 spiro atoms. The smallest absolute Gasteiger partial charge is 0.0855 e. The largest absolute Gasteiger partial charge is 0.204 e. The van der Waals surface area contributed by atoms with E-state index in [-0.39, 0.29) is 0 Å². The summed E-state index contributed by atoms with van der Waals surface area (Å²) < 4.78 is 0. The average Bonchev–Trinajstić information content (AvgIpc) is 2.27. The lowest BCUT2D eigenvalue weighted by Crippen LogP contribution is -2.01. The second-order valence-corrected chi connectivity index (χ2v) is 3.68. The zero-order valence-corrected chi connectivity index (χ0v) is 9.11. The predicted octanol–water partition coefficient (Wildman–Crippen LogP) is 2.86. The van der Waals surface area contributed by atoms with Crippen LogP contribution in [0.5, 0.6) is 0 Å². The van der Waals surface area contributed by atoms with Gasteiger partial charge in [-0.3, -0.25) is 0 Å². The summed E-state index contributed by atoms with van der Waals surface area (Å²) in [4.78, 5) is 9.36. The Morgan fingerprint density at radius 3 is 1.27 bits per heavy atom. The van der Waals surface area contributed by atoms with Crippen molar-refractivity contribution in [3.63, 3.8) is 0 Å². The highest BCUT2D eigenvalue weighted by molar-refractivity contribution is 4.46. The van der Waals surface area contributed by atoms with E-state index in [2.05, 4.69) is 24.9 Å². The van der Waals surface area contributed by atoms with Crippen molar-refractivity contribution in [2.45, 2.75) is 51.4 Å². The van der Waals surface area contributed by atoms with Crippen LogP contribution in [-0.4, -0.2) is 13.2 Å². The van der Waals surface area contributed by atoms with Gasteiger partial charge in [0, 0.05) is 0 Å². The first-order chi connectivity index (χ1) is 7.50. The van der Waals surface area contributed by atoms with Gasteiger partial charge in [-0.1, -0.05) is 38.5 Å². The highest BCUT2D eigenvalue weighted by atomic mass is 17.8. The fourth-order valence-electron chi connectivity index (χ4n) is 1.50. The second kappa shape index (κ2) is 10.3. The van der Waals surface area contributed by atoms with Crippen LogP contribution in [0.2, 0.25) is 0 Å². The second-order valence-electron chi connectivity index (χ2n) is 3.68. The molecule has 1 fully saturated rings. The maximum absolute atomic E-state index is 4.68. The summed E-state index contributed by atoms with van der Waals surface area (Å²) in [5.41, 5.74) is 0. The van der Waals surface area contributed by atoms with Crippen LogP contribution in [0.15, 0.2) is 0 Å². The van der Waals surface area contributed by atoms with Gasteiger partial charge in [0.2, 0.25) is 0 Å². The molecule has 0 aromatic rings. The summed E-state index contributed by atoms with van der Waals surface area (Å²) in [6.07, 6.45) is 9.41. The molecule has 1 rings (SSSR count). The van der Waals surface area contributed by atoms with E-state index < -0.39 is 0 Å². The van der Waals surface area contributed by atoms with Gasteiger partial charge < -0.3 is 0 Å². The molecule has 0 atom stereocenters. The van der Waals surface area contributed by atoms with Gasteiger partial charge >= 0.3 is 0 Å². The standard InChI is InChI=1S/C10H20O5/c1-2-4-6-8-10-12-14-15-13-11-9-7-5-3-1/h1-10H2. The van der Waals surface area contributed by atoms with Crippen LogP contribution in [-0.2, 0) is 24.9 Å². The lowest BCUT2D eigenvalue weighted by Gasteiger charge is -2.01. The van der Waals surface area contributed by atoms with Gasteiger partial charge in [0.15, 0.2) is 0 Å². The fraction of sp³-hybridized carbons (Fsp3) is 1.00. The molecule has 0 saturated carbocycles. The van der Waals surface area contributed by atoms with Crippen molar-refractivity contribution in [2.24, 2.45) is 0 Å². The molecule has 90 valence electrons. The van der Waals surface area contributed by atoms with Crippen molar-refractivity contribution in [3.8, 4) is 0 Å². The topological polar surface area (TPSA) is 46.2 Å². The molecule has 0 N–H and O–H groups in total.